The lowest BCUT2D eigenvalue weighted by Gasteiger charge is -2.21. The van der Waals surface area contributed by atoms with Crippen molar-refractivity contribution in [1.82, 2.24) is 19.9 Å². The molecule has 5 rings (SSSR count). The van der Waals surface area contributed by atoms with Gasteiger partial charge in [0.1, 0.15) is 23.1 Å². The maximum absolute atomic E-state index is 11.7. The predicted molar refractivity (Wildman–Crippen MR) is 147 cm³/mol. The topological polar surface area (TPSA) is 106 Å². The van der Waals surface area contributed by atoms with Crippen molar-refractivity contribution in [3.63, 3.8) is 0 Å². The van der Waals surface area contributed by atoms with Gasteiger partial charge in [-0.3, -0.25) is 9.36 Å². The van der Waals surface area contributed by atoms with Gasteiger partial charge in [0.15, 0.2) is 5.75 Å². The number of imidazole rings is 1. The molecule has 1 amide bonds. The molecule has 0 spiro atoms. The first-order valence-corrected chi connectivity index (χ1v) is 12.1. The van der Waals surface area contributed by atoms with Gasteiger partial charge in [0, 0.05) is 28.9 Å². The van der Waals surface area contributed by atoms with Crippen molar-refractivity contribution in [2.75, 3.05) is 0 Å². The number of carbonyl (C=O) groups is 1. The summed E-state index contributed by atoms with van der Waals surface area (Å²) in [5.41, 5.74) is 12.3. The number of carbonyl (C=O) groups excluding carboxylic acids is 1. The Kier molecular flexibility index (Phi) is 6.23. The minimum absolute atomic E-state index is 0.0157. The van der Waals surface area contributed by atoms with Gasteiger partial charge in [0.25, 0.3) is 0 Å². The van der Waals surface area contributed by atoms with Crippen LogP contribution in [0.2, 0.25) is 0 Å². The van der Waals surface area contributed by atoms with Crippen LogP contribution in [0.15, 0.2) is 85.3 Å². The number of nitrogens with two attached hydrogens (primary N) is 1. The Morgan fingerprint density at radius 2 is 1.70 bits per heavy atom. The number of nitrogens with one attached hydrogen (secondary N) is 1. The van der Waals surface area contributed by atoms with E-state index in [9.17, 15) is 9.90 Å². The average Bonchev–Trinajstić information content (AvgIpc) is 3.33. The van der Waals surface area contributed by atoms with Gasteiger partial charge in [-0.15, -0.1) is 0 Å². The van der Waals surface area contributed by atoms with Gasteiger partial charge in [-0.05, 0) is 55.7 Å². The molecule has 7 nitrogen and oxygen atoms in total. The van der Waals surface area contributed by atoms with Crippen molar-refractivity contribution in [1.29, 1.82) is 0 Å². The molecule has 0 bridgehead atoms. The first kappa shape index (κ1) is 24.2. The van der Waals surface area contributed by atoms with Crippen molar-refractivity contribution in [3.8, 4) is 33.8 Å². The molecule has 4 N–H and O–H groups in total. The first-order valence-electron chi connectivity index (χ1n) is 12.1. The Morgan fingerprint density at radius 1 is 0.973 bits per heavy atom. The van der Waals surface area contributed by atoms with Crippen molar-refractivity contribution < 1.29 is 9.90 Å². The zero-order valence-corrected chi connectivity index (χ0v) is 21.1. The van der Waals surface area contributed by atoms with Crippen molar-refractivity contribution in [2.45, 2.75) is 32.9 Å². The van der Waals surface area contributed by atoms with Crippen LogP contribution in [0, 0.1) is 0 Å². The lowest BCUT2D eigenvalue weighted by molar-refractivity contribution is 0.1000. The maximum Gasteiger partial charge on any atom is 0.248 e. The number of aromatic nitrogens is 3. The molecule has 0 unspecified atom stereocenters. The van der Waals surface area contributed by atoms with Gasteiger partial charge < -0.3 is 16.2 Å². The van der Waals surface area contributed by atoms with E-state index in [4.69, 9.17) is 5.73 Å². The Balaban J connectivity index is 1.51. The second-order valence-corrected chi connectivity index (χ2v) is 10.1. The molecule has 0 fully saturated rings. The van der Waals surface area contributed by atoms with E-state index in [0.29, 0.717) is 28.0 Å². The number of hydrogen-bond donors (Lipinski definition) is 3. The number of hydrogen-bond acceptors (Lipinski definition) is 5. The molecule has 0 aliphatic carbocycles. The van der Waals surface area contributed by atoms with Crippen LogP contribution < -0.4 is 11.1 Å². The lowest BCUT2D eigenvalue weighted by atomic mass is 9.97. The highest BCUT2D eigenvalue weighted by Crippen LogP contribution is 2.36. The first-order chi connectivity index (χ1) is 17.7. The van der Waals surface area contributed by atoms with E-state index in [1.165, 1.54) is 5.56 Å². The number of pyridine rings is 1. The molecular formula is C30H29N5O2. The average molecular weight is 492 g/mol. The third-order valence-corrected chi connectivity index (χ3v) is 6.27. The molecule has 5 aromatic rings. The van der Waals surface area contributed by atoms with Crippen LogP contribution in [0.3, 0.4) is 0 Å². The zero-order valence-electron chi connectivity index (χ0n) is 21.1. The molecule has 37 heavy (non-hydrogen) atoms. The molecule has 0 aliphatic rings. The van der Waals surface area contributed by atoms with Gasteiger partial charge in [-0.2, -0.15) is 0 Å². The molecule has 0 atom stereocenters. The highest BCUT2D eigenvalue weighted by Gasteiger charge is 2.17. The SMILES string of the molecule is CC(C)(C)NCc1ccccc1-c1ccc(-c2ncc3ncn(-c4cccc(C(N)=O)c4)c3c2O)cc1. The summed E-state index contributed by atoms with van der Waals surface area (Å²) >= 11 is 0. The second kappa shape index (κ2) is 9.52. The smallest absolute Gasteiger partial charge is 0.248 e. The highest BCUT2D eigenvalue weighted by atomic mass is 16.3. The van der Waals surface area contributed by atoms with Crippen LogP contribution in [0.1, 0.15) is 36.7 Å². The molecule has 0 aliphatic heterocycles. The Hall–Kier alpha value is -4.49. The summed E-state index contributed by atoms with van der Waals surface area (Å²) in [6, 6.07) is 23.3. The number of rotatable bonds is 6. The summed E-state index contributed by atoms with van der Waals surface area (Å²) in [4.78, 5) is 20.5. The summed E-state index contributed by atoms with van der Waals surface area (Å²) in [5, 5.41) is 14.8. The van der Waals surface area contributed by atoms with Gasteiger partial charge >= 0.3 is 0 Å². The molecule has 0 radical (unpaired) electrons. The van der Waals surface area contributed by atoms with Crippen LogP contribution in [0.4, 0.5) is 0 Å². The molecule has 7 heteroatoms. The summed E-state index contributed by atoms with van der Waals surface area (Å²) in [6.45, 7) is 7.23. The molecular weight excluding hydrogens is 462 g/mol. The highest BCUT2D eigenvalue weighted by molar-refractivity contribution is 5.94. The fraction of sp³-hybridized carbons (Fsp3) is 0.167. The summed E-state index contributed by atoms with van der Waals surface area (Å²) < 4.78 is 1.73. The summed E-state index contributed by atoms with van der Waals surface area (Å²) in [6.07, 6.45) is 3.24. The Morgan fingerprint density at radius 3 is 2.43 bits per heavy atom. The molecule has 0 saturated heterocycles. The zero-order chi connectivity index (χ0) is 26.2. The Bertz CT molecular complexity index is 1600. The second-order valence-electron chi connectivity index (χ2n) is 10.1. The molecule has 2 heterocycles. The van der Waals surface area contributed by atoms with E-state index in [1.807, 2.05) is 36.4 Å². The van der Waals surface area contributed by atoms with E-state index in [1.54, 1.807) is 35.3 Å². The van der Waals surface area contributed by atoms with Crippen molar-refractivity contribution >= 4 is 16.9 Å². The van der Waals surface area contributed by atoms with Crippen LogP contribution in [-0.2, 0) is 6.54 Å². The van der Waals surface area contributed by atoms with Crippen LogP contribution >= 0.6 is 0 Å². The molecule has 2 aromatic heterocycles. The Labute approximate surface area is 215 Å². The molecule has 186 valence electrons. The fourth-order valence-corrected chi connectivity index (χ4v) is 4.33. The third kappa shape index (κ3) is 4.94. The van der Waals surface area contributed by atoms with E-state index < -0.39 is 5.91 Å². The van der Waals surface area contributed by atoms with Gasteiger partial charge in [0.2, 0.25) is 5.91 Å². The largest absolute Gasteiger partial charge is 0.504 e. The quantitative estimate of drug-likeness (QED) is 0.293. The number of primary amides is 1. The lowest BCUT2D eigenvalue weighted by Crippen LogP contribution is -2.35. The van der Waals surface area contributed by atoms with Crippen molar-refractivity contribution in [2.24, 2.45) is 5.73 Å². The predicted octanol–water partition coefficient (Wildman–Crippen LogP) is 5.45. The normalized spacial score (nSPS) is 11.6. The van der Waals surface area contributed by atoms with Gasteiger partial charge in [0.05, 0.1) is 6.20 Å². The van der Waals surface area contributed by atoms with E-state index in [0.717, 1.165) is 23.2 Å². The maximum atomic E-state index is 11.7. The van der Waals surface area contributed by atoms with Crippen LogP contribution in [-0.4, -0.2) is 31.1 Å². The number of fused-ring (bicyclic) bond motifs is 1. The van der Waals surface area contributed by atoms with E-state index >= 15 is 0 Å². The van der Waals surface area contributed by atoms with Crippen LogP contribution in [0.5, 0.6) is 5.75 Å². The minimum Gasteiger partial charge on any atom is -0.504 e. The number of aromatic hydroxyl groups is 1. The van der Waals surface area contributed by atoms with Crippen LogP contribution in [0.25, 0.3) is 39.1 Å². The minimum atomic E-state index is -0.520. The molecule has 0 saturated carbocycles. The fourth-order valence-electron chi connectivity index (χ4n) is 4.33. The standard InChI is InChI=1S/C30H29N5O2/c1-30(2,3)34-16-22-7-4-5-10-24(22)19-11-13-20(14-12-19)26-28(36)27-25(17-32-26)33-18-35(27)23-9-6-8-21(15-23)29(31)37/h4-15,17-18,34,36H,16H2,1-3H3,(H2,31,37). The number of nitrogens with zero attached hydrogens (tertiary/aromatic N) is 3. The van der Waals surface area contributed by atoms with Gasteiger partial charge in [-0.1, -0.05) is 54.6 Å². The summed E-state index contributed by atoms with van der Waals surface area (Å²) in [7, 11) is 0. The number of amides is 1. The van der Waals surface area contributed by atoms with Crippen molar-refractivity contribution in [3.05, 3.63) is 96.4 Å². The molecule has 3 aromatic carbocycles. The van der Waals surface area contributed by atoms with Gasteiger partial charge in [-0.25, -0.2) is 9.97 Å². The monoisotopic (exact) mass is 491 g/mol. The van der Waals surface area contributed by atoms with E-state index in [-0.39, 0.29) is 11.3 Å². The number of benzene rings is 3. The summed E-state index contributed by atoms with van der Waals surface area (Å²) in [5.74, 6) is -0.504. The third-order valence-electron chi connectivity index (χ3n) is 6.27. The van der Waals surface area contributed by atoms with E-state index in [2.05, 4.69) is 54.3 Å².